The molecule has 0 aliphatic rings. The maximum atomic E-state index is 13.7. The molecule has 4 rings (SSSR count). The predicted octanol–water partition coefficient (Wildman–Crippen LogP) is 7.90. The molecular weight excluding hydrogens is 640 g/mol. The highest BCUT2D eigenvalue weighted by Crippen LogP contribution is 2.37. The molecule has 0 radical (unpaired) electrons. The summed E-state index contributed by atoms with van der Waals surface area (Å²) in [7, 11) is -8.63. The summed E-state index contributed by atoms with van der Waals surface area (Å²) in [5.74, 6) is 0. The summed E-state index contributed by atoms with van der Waals surface area (Å²) in [5.41, 5.74) is 0.0768. The molecule has 12 heteroatoms. The van der Waals surface area contributed by atoms with E-state index in [9.17, 15) is 30.0 Å². The van der Waals surface area contributed by atoms with Crippen molar-refractivity contribution in [1.82, 2.24) is 3.71 Å². The summed E-state index contributed by atoms with van der Waals surface area (Å²) >= 11 is 0. The molecule has 1 atom stereocenters. The first kappa shape index (κ1) is 35.6. The van der Waals surface area contributed by atoms with Gasteiger partial charge >= 0.3 is 6.18 Å². The third-order valence-electron chi connectivity index (χ3n) is 7.34. The van der Waals surface area contributed by atoms with Crippen LogP contribution in [0.4, 0.5) is 13.2 Å². The number of benzene rings is 4. The molecule has 0 aliphatic heterocycles. The van der Waals surface area contributed by atoms with Gasteiger partial charge in [-0.2, -0.15) is 13.2 Å². The Bertz CT molecular complexity index is 1670. The monoisotopic (exact) mass is 677 g/mol. The number of hydrogen-bond acceptors (Lipinski definition) is 6. The number of unbranched alkanes of at least 4 members (excludes halogenated alkanes) is 4. The third kappa shape index (κ3) is 9.62. The van der Waals surface area contributed by atoms with Crippen LogP contribution in [0.2, 0.25) is 0 Å². The molecule has 0 amide bonds. The molecule has 46 heavy (non-hydrogen) atoms. The third-order valence-corrected chi connectivity index (χ3v) is 11.7. The van der Waals surface area contributed by atoms with E-state index < -0.39 is 32.3 Å². The average Bonchev–Trinajstić information content (AvgIpc) is 3.04. The molecule has 0 bridgehead atoms. The van der Waals surface area contributed by atoms with E-state index in [0.717, 1.165) is 10.8 Å². The van der Waals surface area contributed by atoms with Crippen molar-refractivity contribution in [2.75, 3.05) is 26.4 Å². The maximum absolute atomic E-state index is 13.7. The smallest absolute Gasteiger partial charge is 0.381 e. The molecule has 0 N–H and O–H groups in total. The fourth-order valence-electron chi connectivity index (χ4n) is 4.95. The van der Waals surface area contributed by atoms with Crippen LogP contribution in [0, 0.1) is 0 Å². The van der Waals surface area contributed by atoms with Gasteiger partial charge in [0.2, 0.25) is 0 Å². The van der Waals surface area contributed by atoms with Crippen molar-refractivity contribution in [3.05, 3.63) is 109 Å². The summed E-state index contributed by atoms with van der Waals surface area (Å²) in [6.07, 6.45) is -3.36. The van der Waals surface area contributed by atoms with Crippen LogP contribution in [0.1, 0.15) is 50.2 Å². The van der Waals surface area contributed by atoms with E-state index in [-0.39, 0.29) is 28.5 Å². The molecule has 0 fully saturated rings. The van der Waals surface area contributed by atoms with Crippen LogP contribution in [0.3, 0.4) is 0 Å². The van der Waals surface area contributed by atoms with Gasteiger partial charge in [-0.15, -0.1) is 0 Å². The van der Waals surface area contributed by atoms with Crippen molar-refractivity contribution >= 4 is 30.8 Å². The molecule has 1 unspecified atom stereocenters. The fraction of sp³-hybridized carbons (Fsp3) is 0.353. The number of ether oxygens (including phenoxy) is 2. The second kappa shape index (κ2) is 16.5. The van der Waals surface area contributed by atoms with Crippen molar-refractivity contribution in [2.45, 2.75) is 60.6 Å². The first-order valence-electron chi connectivity index (χ1n) is 15.1. The molecule has 4 aromatic rings. The summed E-state index contributed by atoms with van der Waals surface area (Å²) in [6, 6.07) is 26.8. The molecule has 0 saturated heterocycles. The van der Waals surface area contributed by atoms with E-state index in [4.69, 9.17) is 9.47 Å². The minimum Gasteiger partial charge on any atom is -0.381 e. The first-order valence-corrected chi connectivity index (χ1v) is 18.0. The minimum absolute atomic E-state index is 0.0364. The van der Waals surface area contributed by atoms with Crippen molar-refractivity contribution in [2.24, 2.45) is 0 Å². The lowest BCUT2D eigenvalue weighted by Crippen LogP contribution is -2.37. The lowest BCUT2D eigenvalue weighted by atomic mass is 10.0. The summed E-state index contributed by atoms with van der Waals surface area (Å²) in [6.45, 7) is 0.563. The number of nitrogens with zero attached hydrogens (tertiary/aromatic N) is 1. The zero-order chi connectivity index (χ0) is 33.0. The minimum atomic E-state index is -4.53. The number of halogens is 3. The van der Waals surface area contributed by atoms with Crippen LogP contribution >= 0.6 is 0 Å². The zero-order valence-electron chi connectivity index (χ0n) is 25.3. The number of alkyl halides is 3. The Hall–Kier alpha value is -3.29. The topological polar surface area (TPSA) is 90.0 Å². The Morgan fingerprint density at radius 1 is 0.587 bits per heavy atom. The Morgan fingerprint density at radius 2 is 1.09 bits per heavy atom. The van der Waals surface area contributed by atoms with Gasteiger partial charge < -0.3 is 9.47 Å². The van der Waals surface area contributed by atoms with Crippen LogP contribution in [-0.4, -0.2) is 53.1 Å². The van der Waals surface area contributed by atoms with Gasteiger partial charge in [0.25, 0.3) is 20.0 Å². The highest BCUT2D eigenvalue weighted by molar-refractivity contribution is 8.04. The standard InChI is InChI=1S/C34H38F3NO6S2/c35-34(36,37)33(30-22-21-28-15-9-10-16-29(28)27-30)44-26-14-4-13-25-43-24-12-3-11-23-38(45(39,40)31-17-5-1-6-18-31)46(41,42)32-19-7-2-8-20-32/h1-2,5-10,15-22,27,33H,3-4,11-14,23-26H2. The average molecular weight is 678 g/mol. The Labute approximate surface area is 269 Å². The van der Waals surface area contributed by atoms with Crippen LogP contribution in [0.5, 0.6) is 0 Å². The van der Waals surface area contributed by atoms with Crippen molar-refractivity contribution in [3.63, 3.8) is 0 Å². The van der Waals surface area contributed by atoms with E-state index in [1.807, 2.05) is 12.1 Å². The van der Waals surface area contributed by atoms with Gasteiger partial charge in [0.1, 0.15) is 0 Å². The molecule has 4 aromatic carbocycles. The van der Waals surface area contributed by atoms with Gasteiger partial charge in [0.05, 0.1) is 9.79 Å². The SMILES string of the molecule is O=S(=O)(c1ccccc1)N(CCCCCOCCCCCOC(c1ccc2ccccc2c1)C(F)(F)F)S(=O)(=O)c1ccccc1. The maximum Gasteiger partial charge on any atom is 0.418 e. The van der Waals surface area contributed by atoms with Gasteiger partial charge in [0, 0.05) is 26.4 Å². The normalized spacial score (nSPS) is 13.3. The Kier molecular flexibility index (Phi) is 12.8. The van der Waals surface area contributed by atoms with Gasteiger partial charge in [-0.3, -0.25) is 0 Å². The molecule has 248 valence electrons. The largest absolute Gasteiger partial charge is 0.418 e. The van der Waals surface area contributed by atoms with Gasteiger partial charge in [0.15, 0.2) is 6.10 Å². The van der Waals surface area contributed by atoms with Crippen LogP contribution < -0.4 is 0 Å². The zero-order valence-corrected chi connectivity index (χ0v) is 26.9. The summed E-state index contributed by atoms with van der Waals surface area (Å²) < 4.78 is 106. The summed E-state index contributed by atoms with van der Waals surface area (Å²) in [5, 5.41) is 1.59. The van der Waals surface area contributed by atoms with Crippen LogP contribution in [0.15, 0.2) is 113 Å². The van der Waals surface area contributed by atoms with Crippen LogP contribution in [0.25, 0.3) is 10.8 Å². The molecular formula is C34H38F3NO6S2. The van der Waals surface area contributed by atoms with Crippen LogP contribution in [-0.2, 0) is 29.5 Å². The van der Waals surface area contributed by atoms with E-state index in [1.54, 1.807) is 30.3 Å². The quantitative estimate of drug-likeness (QED) is 0.0996. The van der Waals surface area contributed by atoms with E-state index in [0.29, 0.717) is 55.4 Å². The number of rotatable bonds is 18. The molecule has 0 heterocycles. The number of hydrogen-bond donors (Lipinski definition) is 0. The molecule has 0 saturated carbocycles. The highest BCUT2D eigenvalue weighted by atomic mass is 32.3. The predicted molar refractivity (Wildman–Crippen MR) is 171 cm³/mol. The molecule has 7 nitrogen and oxygen atoms in total. The van der Waals surface area contributed by atoms with E-state index in [2.05, 4.69) is 0 Å². The molecule has 0 aliphatic carbocycles. The Morgan fingerprint density at radius 3 is 1.65 bits per heavy atom. The Balaban J connectivity index is 1.16. The number of fused-ring (bicyclic) bond motifs is 1. The van der Waals surface area contributed by atoms with Gasteiger partial charge in [-0.25, -0.2) is 16.8 Å². The second-order valence-corrected chi connectivity index (χ2v) is 14.7. The van der Waals surface area contributed by atoms with Crippen molar-refractivity contribution in [3.8, 4) is 0 Å². The van der Waals surface area contributed by atoms with Crippen molar-refractivity contribution < 1.29 is 39.5 Å². The molecule has 0 aromatic heterocycles. The van der Waals surface area contributed by atoms with E-state index >= 15 is 0 Å². The van der Waals surface area contributed by atoms with E-state index in [1.165, 1.54) is 60.7 Å². The second-order valence-electron chi connectivity index (χ2n) is 10.8. The molecule has 0 spiro atoms. The van der Waals surface area contributed by atoms with Crippen molar-refractivity contribution in [1.29, 1.82) is 0 Å². The lowest BCUT2D eigenvalue weighted by Gasteiger charge is -2.22. The van der Waals surface area contributed by atoms with Gasteiger partial charge in [-0.05, 0) is 85.2 Å². The lowest BCUT2D eigenvalue weighted by molar-refractivity contribution is -0.224. The number of sulfonamides is 2. The highest BCUT2D eigenvalue weighted by Gasteiger charge is 2.42. The fourth-order valence-corrected chi connectivity index (χ4v) is 8.71. The first-order chi connectivity index (χ1) is 22.0. The summed E-state index contributed by atoms with van der Waals surface area (Å²) in [4.78, 5) is -0.211. The van der Waals surface area contributed by atoms with Gasteiger partial charge in [-0.1, -0.05) is 76.5 Å².